The number of piperazine rings is 1. The number of hydrogen-bond acceptors (Lipinski definition) is 6. The predicted octanol–water partition coefficient (Wildman–Crippen LogP) is 4.68. The van der Waals surface area contributed by atoms with E-state index >= 15 is 0 Å². The monoisotopic (exact) mass is 478 g/mol. The maximum Gasteiger partial charge on any atom is 0.416 e. The third kappa shape index (κ3) is 5.59. The van der Waals surface area contributed by atoms with Gasteiger partial charge in [0, 0.05) is 49.9 Å². The van der Waals surface area contributed by atoms with E-state index in [2.05, 4.69) is 32.0 Å². The summed E-state index contributed by atoms with van der Waals surface area (Å²) in [5.74, 6) is 0.555. The van der Waals surface area contributed by atoms with Crippen LogP contribution in [0, 0.1) is 0 Å². The number of hydrogen-bond donors (Lipinski definition) is 2. The van der Waals surface area contributed by atoms with Crippen LogP contribution in [0.2, 0.25) is 5.15 Å². The van der Waals surface area contributed by atoms with Gasteiger partial charge in [-0.15, -0.1) is 0 Å². The van der Waals surface area contributed by atoms with Gasteiger partial charge in [0.25, 0.3) is 0 Å². The third-order valence-corrected chi connectivity index (χ3v) is 6.06. The Morgan fingerprint density at radius 2 is 1.85 bits per heavy atom. The second-order valence-corrected chi connectivity index (χ2v) is 8.50. The second-order valence-electron chi connectivity index (χ2n) is 8.11. The molecule has 0 atom stereocenters. The fourth-order valence-electron chi connectivity index (χ4n) is 4.06. The molecular formula is C23H26ClF3N6. The molecule has 3 aromatic rings. The highest BCUT2D eigenvalue weighted by molar-refractivity contribution is 6.30. The number of pyridine rings is 2. The van der Waals surface area contributed by atoms with Crippen molar-refractivity contribution in [3.63, 3.8) is 0 Å². The summed E-state index contributed by atoms with van der Waals surface area (Å²) in [5, 5.41) is 4.33. The molecule has 0 amide bonds. The highest BCUT2D eigenvalue weighted by Gasteiger charge is 2.31. The van der Waals surface area contributed by atoms with E-state index in [9.17, 15) is 13.2 Å². The molecule has 33 heavy (non-hydrogen) atoms. The van der Waals surface area contributed by atoms with E-state index in [1.165, 1.54) is 0 Å². The van der Waals surface area contributed by atoms with Crippen LogP contribution in [0.3, 0.4) is 0 Å². The van der Waals surface area contributed by atoms with E-state index in [1.54, 1.807) is 12.1 Å². The zero-order chi connectivity index (χ0) is 23.6. The molecule has 0 aliphatic carbocycles. The molecule has 0 unspecified atom stereocenters. The van der Waals surface area contributed by atoms with Gasteiger partial charge in [-0.2, -0.15) is 13.2 Å². The molecule has 176 valence electrons. The van der Waals surface area contributed by atoms with Crippen LogP contribution in [0.5, 0.6) is 0 Å². The Morgan fingerprint density at radius 3 is 2.55 bits per heavy atom. The summed E-state index contributed by atoms with van der Waals surface area (Å²) >= 11 is 6.18. The Hall–Kier alpha value is -2.78. The van der Waals surface area contributed by atoms with Crippen molar-refractivity contribution in [1.29, 1.82) is 0 Å². The molecule has 0 spiro atoms. The number of aromatic nitrogens is 2. The predicted molar refractivity (Wildman–Crippen MR) is 127 cm³/mol. The number of nitrogens with one attached hydrogen (secondary N) is 1. The van der Waals surface area contributed by atoms with Gasteiger partial charge in [0.1, 0.15) is 11.0 Å². The van der Waals surface area contributed by atoms with E-state index in [-0.39, 0.29) is 5.69 Å². The number of nitrogens with two attached hydrogens (primary N) is 1. The summed E-state index contributed by atoms with van der Waals surface area (Å²) in [4.78, 5) is 13.7. The SMILES string of the molecule is CCN1CCN(c2cnc3cc(Cl)nc(NCCc4cc(N)cc(C(F)(F)F)c4)c3c2)CC1. The summed E-state index contributed by atoms with van der Waals surface area (Å²) in [6.07, 6.45) is -2.25. The highest BCUT2D eigenvalue weighted by Crippen LogP contribution is 2.32. The maximum absolute atomic E-state index is 13.1. The van der Waals surface area contributed by atoms with E-state index in [1.807, 2.05) is 12.3 Å². The Labute approximate surface area is 195 Å². The number of alkyl halides is 3. The maximum atomic E-state index is 13.1. The fourth-order valence-corrected chi connectivity index (χ4v) is 4.25. The molecule has 6 nitrogen and oxygen atoms in total. The van der Waals surface area contributed by atoms with Crippen molar-refractivity contribution in [2.24, 2.45) is 0 Å². The zero-order valence-corrected chi connectivity index (χ0v) is 19.0. The lowest BCUT2D eigenvalue weighted by molar-refractivity contribution is -0.137. The minimum atomic E-state index is -4.44. The van der Waals surface area contributed by atoms with Crippen molar-refractivity contribution >= 4 is 39.7 Å². The highest BCUT2D eigenvalue weighted by atomic mass is 35.5. The summed E-state index contributed by atoms with van der Waals surface area (Å²) in [7, 11) is 0. The second kappa shape index (κ2) is 9.61. The van der Waals surface area contributed by atoms with Crippen molar-refractivity contribution in [2.45, 2.75) is 19.5 Å². The van der Waals surface area contributed by atoms with Crippen molar-refractivity contribution in [2.75, 3.05) is 55.2 Å². The number of fused-ring (bicyclic) bond motifs is 1. The molecule has 4 rings (SSSR count). The smallest absolute Gasteiger partial charge is 0.399 e. The molecule has 10 heteroatoms. The first-order chi connectivity index (χ1) is 15.7. The van der Waals surface area contributed by atoms with Crippen LogP contribution >= 0.6 is 11.6 Å². The first-order valence-corrected chi connectivity index (χ1v) is 11.2. The van der Waals surface area contributed by atoms with Gasteiger partial charge < -0.3 is 20.9 Å². The molecule has 1 fully saturated rings. The lowest BCUT2D eigenvalue weighted by atomic mass is 10.1. The van der Waals surface area contributed by atoms with Crippen LogP contribution in [-0.2, 0) is 12.6 Å². The van der Waals surface area contributed by atoms with Gasteiger partial charge in [0.2, 0.25) is 0 Å². The first kappa shape index (κ1) is 23.4. The van der Waals surface area contributed by atoms with Crippen LogP contribution in [0.15, 0.2) is 36.5 Å². The number of nitrogens with zero attached hydrogens (tertiary/aromatic N) is 4. The average molecular weight is 479 g/mol. The Balaban J connectivity index is 1.52. The third-order valence-electron chi connectivity index (χ3n) is 5.87. The minimum Gasteiger partial charge on any atom is -0.399 e. The fraction of sp³-hybridized carbons (Fsp3) is 0.391. The molecule has 2 aromatic heterocycles. The molecule has 1 aromatic carbocycles. The van der Waals surface area contributed by atoms with Gasteiger partial charge >= 0.3 is 6.18 Å². The van der Waals surface area contributed by atoms with E-state index < -0.39 is 11.7 Å². The number of nitrogen functional groups attached to an aromatic ring is 1. The van der Waals surface area contributed by atoms with Crippen molar-refractivity contribution < 1.29 is 13.2 Å². The molecule has 1 aliphatic rings. The minimum absolute atomic E-state index is 0.0863. The number of anilines is 3. The first-order valence-electron chi connectivity index (χ1n) is 10.9. The Morgan fingerprint density at radius 1 is 1.09 bits per heavy atom. The van der Waals surface area contributed by atoms with Gasteiger partial charge in [0.05, 0.1) is 23.0 Å². The lowest BCUT2D eigenvalue weighted by Gasteiger charge is -2.35. The lowest BCUT2D eigenvalue weighted by Crippen LogP contribution is -2.46. The van der Waals surface area contributed by atoms with Gasteiger partial charge in [-0.05, 0) is 42.8 Å². The van der Waals surface area contributed by atoms with Crippen LogP contribution in [0.4, 0.5) is 30.4 Å². The summed E-state index contributed by atoms with van der Waals surface area (Å²) < 4.78 is 39.2. The molecule has 0 radical (unpaired) electrons. The topological polar surface area (TPSA) is 70.3 Å². The Bertz CT molecular complexity index is 1130. The van der Waals surface area contributed by atoms with Gasteiger partial charge in [-0.25, -0.2) is 4.98 Å². The average Bonchev–Trinajstić information content (AvgIpc) is 2.78. The molecule has 0 bridgehead atoms. The molecule has 0 saturated carbocycles. The number of halogens is 4. The summed E-state index contributed by atoms with van der Waals surface area (Å²) in [5.41, 5.74) is 7.22. The number of benzene rings is 1. The number of likely N-dealkylation sites (N-methyl/N-ethyl adjacent to an activating group) is 1. The van der Waals surface area contributed by atoms with Crippen LogP contribution in [0.1, 0.15) is 18.1 Å². The van der Waals surface area contributed by atoms with E-state index in [0.29, 0.717) is 35.0 Å². The quantitative estimate of drug-likeness (QED) is 0.396. The molecule has 1 aliphatic heterocycles. The van der Waals surface area contributed by atoms with Crippen molar-refractivity contribution in [1.82, 2.24) is 14.9 Å². The van der Waals surface area contributed by atoms with Gasteiger partial charge in [-0.1, -0.05) is 18.5 Å². The van der Waals surface area contributed by atoms with Crippen LogP contribution in [0.25, 0.3) is 10.9 Å². The van der Waals surface area contributed by atoms with Crippen molar-refractivity contribution in [3.05, 3.63) is 52.8 Å². The van der Waals surface area contributed by atoms with Gasteiger partial charge in [0.15, 0.2) is 0 Å². The largest absolute Gasteiger partial charge is 0.416 e. The molecule has 3 heterocycles. The molecular weight excluding hydrogens is 453 g/mol. The summed E-state index contributed by atoms with van der Waals surface area (Å²) in [6.45, 7) is 7.40. The zero-order valence-electron chi connectivity index (χ0n) is 18.3. The Kier molecular flexibility index (Phi) is 6.81. The van der Waals surface area contributed by atoms with Gasteiger partial charge in [-0.3, -0.25) is 4.98 Å². The normalized spacial score (nSPS) is 15.2. The molecule has 3 N–H and O–H groups in total. The standard InChI is InChI=1S/C23H26ClF3N6/c1-2-32-5-7-33(8-6-32)18-12-19-20(30-14-18)13-21(24)31-22(19)29-4-3-15-9-16(23(25,26)27)11-17(28)10-15/h9-14H,2-8,28H2,1H3,(H,29,31). The van der Waals surface area contributed by atoms with Crippen LogP contribution < -0.4 is 16.0 Å². The van der Waals surface area contributed by atoms with E-state index in [4.69, 9.17) is 17.3 Å². The summed E-state index contributed by atoms with van der Waals surface area (Å²) in [6, 6.07) is 7.36. The number of rotatable bonds is 6. The molecule has 1 saturated heterocycles. The van der Waals surface area contributed by atoms with Crippen LogP contribution in [-0.4, -0.2) is 54.1 Å². The van der Waals surface area contributed by atoms with Crippen molar-refractivity contribution in [3.8, 4) is 0 Å². The van der Waals surface area contributed by atoms with E-state index in [0.717, 1.165) is 55.9 Å².